The number of carbonyl (C=O) groups excluding carboxylic acids is 1. The molecule has 2 aromatic rings. The molecular weight excluding hydrogens is 398 g/mol. The summed E-state index contributed by atoms with van der Waals surface area (Å²) in [5.74, 6) is -0.141. The van der Waals surface area contributed by atoms with Gasteiger partial charge in [-0.3, -0.25) is 9.10 Å². The van der Waals surface area contributed by atoms with Gasteiger partial charge in [0.1, 0.15) is 0 Å². The zero-order valence-electron chi connectivity index (χ0n) is 16.0. The summed E-state index contributed by atoms with van der Waals surface area (Å²) in [6.45, 7) is 3.06. The van der Waals surface area contributed by atoms with Crippen LogP contribution in [0.3, 0.4) is 0 Å². The summed E-state index contributed by atoms with van der Waals surface area (Å²) in [6.07, 6.45) is 0.901. The van der Waals surface area contributed by atoms with Gasteiger partial charge in [0.15, 0.2) is 0 Å². The minimum absolute atomic E-state index is 0.0766. The van der Waals surface area contributed by atoms with Crippen molar-refractivity contribution in [2.75, 3.05) is 44.6 Å². The molecule has 0 bridgehead atoms. The maximum absolute atomic E-state index is 13.0. The average Bonchev–Trinajstić information content (AvgIpc) is 2.91. The lowest BCUT2D eigenvalue weighted by Gasteiger charge is -2.22. The van der Waals surface area contributed by atoms with E-state index in [0.717, 1.165) is 19.5 Å². The average molecular weight is 422 g/mol. The smallest absolute Gasteiger partial charge is 0.264 e. The number of amides is 1. The van der Waals surface area contributed by atoms with E-state index in [1.807, 2.05) is 7.05 Å². The van der Waals surface area contributed by atoms with E-state index >= 15 is 0 Å². The molecule has 1 aliphatic heterocycles. The molecule has 6 nitrogen and oxygen atoms in total. The van der Waals surface area contributed by atoms with Crippen LogP contribution in [0.2, 0.25) is 5.02 Å². The second-order valence-electron chi connectivity index (χ2n) is 6.93. The topological polar surface area (TPSA) is 60.9 Å². The first-order valence-electron chi connectivity index (χ1n) is 9.11. The van der Waals surface area contributed by atoms with E-state index in [9.17, 15) is 13.2 Å². The van der Waals surface area contributed by atoms with E-state index in [-0.39, 0.29) is 10.8 Å². The number of hydrogen-bond donors (Lipinski definition) is 0. The Labute approximate surface area is 171 Å². The molecule has 1 fully saturated rings. The maximum Gasteiger partial charge on any atom is 0.264 e. The van der Waals surface area contributed by atoms with E-state index in [1.165, 1.54) is 23.5 Å². The molecule has 3 rings (SSSR count). The molecule has 0 N–H and O–H groups in total. The zero-order valence-corrected chi connectivity index (χ0v) is 17.6. The highest BCUT2D eigenvalue weighted by molar-refractivity contribution is 7.92. The minimum atomic E-state index is -3.82. The normalized spacial score (nSPS) is 15.9. The second kappa shape index (κ2) is 8.51. The van der Waals surface area contributed by atoms with Gasteiger partial charge in [-0.15, -0.1) is 0 Å². The predicted molar refractivity (Wildman–Crippen MR) is 112 cm³/mol. The first-order chi connectivity index (χ1) is 13.3. The van der Waals surface area contributed by atoms with Gasteiger partial charge in [-0.1, -0.05) is 23.7 Å². The zero-order chi connectivity index (χ0) is 20.3. The highest BCUT2D eigenvalue weighted by Gasteiger charge is 2.24. The van der Waals surface area contributed by atoms with Crippen molar-refractivity contribution in [3.63, 3.8) is 0 Å². The number of halogens is 1. The Balaban J connectivity index is 1.86. The lowest BCUT2D eigenvalue weighted by atomic mass is 10.2. The number of benzene rings is 2. The van der Waals surface area contributed by atoms with Gasteiger partial charge < -0.3 is 9.80 Å². The van der Waals surface area contributed by atoms with Crippen molar-refractivity contribution in [3.05, 3.63) is 59.1 Å². The fourth-order valence-electron chi connectivity index (χ4n) is 3.19. The van der Waals surface area contributed by atoms with Crippen molar-refractivity contribution in [2.45, 2.75) is 11.3 Å². The van der Waals surface area contributed by atoms with E-state index in [4.69, 9.17) is 11.6 Å². The summed E-state index contributed by atoms with van der Waals surface area (Å²) in [5, 5.41) is 0.453. The van der Waals surface area contributed by atoms with Crippen molar-refractivity contribution in [3.8, 4) is 0 Å². The molecule has 1 aliphatic rings. The summed E-state index contributed by atoms with van der Waals surface area (Å²) in [7, 11) is -0.309. The molecular formula is C20H24ClN3O3S. The van der Waals surface area contributed by atoms with Gasteiger partial charge in [0.2, 0.25) is 0 Å². The monoisotopic (exact) mass is 421 g/mol. The summed E-state index contributed by atoms with van der Waals surface area (Å²) >= 11 is 5.99. The second-order valence-corrected chi connectivity index (χ2v) is 9.33. The Morgan fingerprint density at radius 2 is 1.79 bits per heavy atom. The fourth-order valence-corrected chi connectivity index (χ4v) is 4.61. The van der Waals surface area contributed by atoms with E-state index < -0.39 is 10.0 Å². The Morgan fingerprint density at radius 3 is 2.54 bits per heavy atom. The third-order valence-corrected chi connectivity index (χ3v) is 6.93. The summed E-state index contributed by atoms with van der Waals surface area (Å²) in [5.41, 5.74) is 0.838. The first-order valence-corrected chi connectivity index (χ1v) is 10.9. The van der Waals surface area contributed by atoms with Crippen LogP contribution in [0.1, 0.15) is 16.8 Å². The Hall–Kier alpha value is -2.09. The lowest BCUT2D eigenvalue weighted by molar-refractivity contribution is 0.0762. The highest BCUT2D eigenvalue weighted by Crippen LogP contribution is 2.25. The van der Waals surface area contributed by atoms with Crippen molar-refractivity contribution in [1.82, 2.24) is 9.80 Å². The standard InChI is InChI=1S/C20H24ClN3O3S/c1-22-10-5-11-24(13-12-22)20(25)16-6-3-9-19(14-16)28(26,27)23(2)18-8-4-7-17(21)15-18/h3-4,6-9,14-15H,5,10-13H2,1-2H3. The number of hydrogen-bond acceptors (Lipinski definition) is 4. The first kappa shape index (κ1) is 20.6. The molecule has 0 atom stereocenters. The van der Waals surface area contributed by atoms with Crippen LogP contribution in [0, 0.1) is 0 Å². The van der Waals surface area contributed by atoms with E-state index in [0.29, 0.717) is 29.4 Å². The van der Waals surface area contributed by atoms with Gasteiger partial charge in [0, 0.05) is 37.3 Å². The molecule has 150 valence electrons. The van der Waals surface area contributed by atoms with E-state index in [1.54, 1.807) is 41.3 Å². The lowest BCUT2D eigenvalue weighted by Crippen LogP contribution is -2.34. The SMILES string of the molecule is CN1CCCN(C(=O)c2cccc(S(=O)(=O)N(C)c3cccc(Cl)c3)c2)CC1. The number of nitrogens with zero attached hydrogens (tertiary/aromatic N) is 3. The molecule has 0 spiro atoms. The third kappa shape index (κ3) is 4.48. The predicted octanol–water partition coefficient (Wildman–Crippen LogP) is 2.94. The van der Waals surface area contributed by atoms with Crippen LogP contribution in [0.4, 0.5) is 5.69 Å². The molecule has 0 radical (unpaired) electrons. The molecule has 0 aromatic heterocycles. The molecule has 1 heterocycles. The molecule has 0 saturated carbocycles. The van der Waals surface area contributed by atoms with Crippen molar-refractivity contribution < 1.29 is 13.2 Å². The number of likely N-dealkylation sites (N-methyl/N-ethyl adjacent to an activating group) is 1. The largest absolute Gasteiger partial charge is 0.337 e. The molecule has 8 heteroatoms. The summed E-state index contributed by atoms with van der Waals surface area (Å²) in [6, 6.07) is 12.9. The molecule has 2 aromatic carbocycles. The number of carbonyl (C=O) groups is 1. The molecule has 0 aliphatic carbocycles. The van der Waals surface area contributed by atoms with Gasteiger partial charge in [-0.25, -0.2) is 8.42 Å². The molecule has 1 amide bonds. The van der Waals surface area contributed by atoms with Crippen molar-refractivity contribution in [1.29, 1.82) is 0 Å². The molecule has 28 heavy (non-hydrogen) atoms. The van der Waals surface area contributed by atoms with Gasteiger partial charge >= 0.3 is 0 Å². The Kier molecular flexibility index (Phi) is 6.27. The molecule has 0 unspecified atom stereocenters. The number of anilines is 1. The minimum Gasteiger partial charge on any atom is -0.337 e. The number of rotatable bonds is 4. The van der Waals surface area contributed by atoms with Crippen LogP contribution in [-0.4, -0.2) is 64.4 Å². The number of sulfonamides is 1. The van der Waals surface area contributed by atoms with Gasteiger partial charge in [0.25, 0.3) is 15.9 Å². The van der Waals surface area contributed by atoms with Gasteiger partial charge in [0.05, 0.1) is 10.6 Å². The maximum atomic E-state index is 13.0. The van der Waals surface area contributed by atoms with Crippen LogP contribution in [0.5, 0.6) is 0 Å². The molecule has 1 saturated heterocycles. The van der Waals surface area contributed by atoms with Gasteiger partial charge in [-0.05, 0) is 56.4 Å². The van der Waals surface area contributed by atoms with Crippen molar-refractivity contribution in [2.24, 2.45) is 0 Å². The van der Waals surface area contributed by atoms with Crippen LogP contribution < -0.4 is 4.31 Å². The van der Waals surface area contributed by atoms with Crippen molar-refractivity contribution >= 4 is 33.2 Å². The van der Waals surface area contributed by atoms with Crippen LogP contribution >= 0.6 is 11.6 Å². The van der Waals surface area contributed by atoms with Crippen LogP contribution in [0.25, 0.3) is 0 Å². The van der Waals surface area contributed by atoms with Crippen LogP contribution in [0.15, 0.2) is 53.4 Å². The Bertz CT molecular complexity index is 965. The quantitative estimate of drug-likeness (QED) is 0.761. The summed E-state index contributed by atoms with van der Waals surface area (Å²) in [4.78, 5) is 17.0. The summed E-state index contributed by atoms with van der Waals surface area (Å²) < 4.78 is 27.3. The third-order valence-electron chi connectivity index (χ3n) is 4.92. The fraction of sp³-hybridized carbons (Fsp3) is 0.350. The van der Waals surface area contributed by atoms with Gasteiger partial charge in [-0.2, -0.15) is 0 Å². The van der Waals surface area contributed by atoms with E-state index in [2.05, 4.69) is 4.90 Å². The Morgan fingerprint density at radius 1 is 1.04 bits per heavy atom. The van der Waals surface area contributed by atoms with Crippen LogP contribution in [-0.2, 0) is 10.0 Å². The highest BCUT2D eigenvalue weighted by atomic mass is 35.5.